The number of aromatic amines is 1. The Morgan fingerprint density at radius 2 is 1.96 bits per heavy atom. The first-order valence-electron chi connectivity index (χ1n) is 7.54. The zero-order valence-corrected chi connectivity index (χ0v) is 13.8. The van der Waals surface area contributed by atoms with Crippen LogP contribution in [0, 0.1) is 5.82 Å². The van der Waals surface area contributed by atoms with Crippen molar-refractivity contribution in [2.75, 3.05) is 25.9 Å². The van der Waals surface area contributed by atoms with Gasteiger partial charge in [-0.25, -0.2) is 4.39 Å². The van der Waals surface area contributed by atoms with Gasteiger partial charge in [0.25, 0.3) is 0 Å². The number of nitrogens with one attached hydrogen (secondary N) is 1. The fourth-order valence-electron chi connectivity index (χ4n) is 2.87. The molecule has 0 aliphatic carbocycles. The number of aliphatic hydroxyl groups excluding tert-OH is 1. The summed E-state index contributed by atoms with van der Waals surface area (Å²) < 4.78 is 34.2. The van der Waals surface area contributed by atoms with Crippen molar-refractivity contribution in [2.24, 2.45) is 0 Å². The van der Waals surface area contributed by atoms with Gasteiger partial charge < -0.3 is 15.0 Å². The standard InChI is InChI=1S/C15H19FN2S.CH2F2O/c1-19-13-5-4-12-14(15(13)16)11(10-17-12)6-9-18-7-2-3-8-18;2-1(3)4/h4-5,10,17H,2-3,6-9H2,1H3;1,4H. The molecule has 1 fully saturated rings. The number of alkyl halides is 2. The highest BCUT2D eigenvalue weighted by atomic mass is 32.2. The minimum absolute atomic E-state index is 0.0670. The van der Waals surface area contributed by atoms with Crippen molar-refractivity contribution in [3.8, 4) is 0 Å². The maximum atomic E-state index is 14.4. The maximum absolute atomic E-state index is 14.4. The van der Waals surface area contributed by atoms with Crippen LogP contribution >= 0.6 is 11.8 Å². The van der Waals surface area contributed by atoms with Crippen LogP contribution < -0.4 is 0 Å². The van der Waals surface area contributed by atoms with Crippen LogP contribution in [0.1, 0.15) is 18.4 Å². The molecule has 1 aliphatic heterocycles. The van der Waals surface area contributed by atoms with Gasteiger partial charge in [-0.1, -0.05) is 0 Å². The topological polar surface area (TPSA) is 39.3 Å². The molecule has 1 aliphatic rings. The molecule has 0 radical (unpaired) electrons. The molecule has 0 saturated carbocycles. The summed E-state index contributed by atoms with van der Waals surface area (Å²) in [5.41, 5.74) is 2.02. The molecule has 1 aromatic heterocycles. The van der Waals surface area contributed by atoms with E-state index in [1.54, 1.807) is 0 Å². The minimum Gasteiger partial charge on any atom is -0.361 e. The Morgan fingerprint density at radius 3 is 2.57 bits per heavy atom. The SMILES string of the molecule is CSc1ccc2[nH]cc(CCN3CCCC3)c2c1F.OC(F)F. The van der Waals surface area contributed by atoms with Gasteiger partial charge in [0.1, 0.15) is 5.82 Å². The number of aliphatic hydroxyl groups is 1. The van der Waals surface area contributed by atoms with Gasteiger partial charge in [-0.2, -0.15) is 8.78 Å². The average Bonchev–Trinajstić information content (AvgIpc) is 3.14. The van der Waals surface area contributed by atoms with Crippen molar-refractivity contribution in [3.05, 3.63) is 29.7 Å². The number of nitrogens with zero attached hydrogens (tertiary/aromatic N) is 1. The second-order valence-electron chi connectivity index (χ2n) is 5.39. The molecular weight excluding hydrogens is 325 g/mol. The van der Waals surface area contributed by atoms with Gasteiger partial charge in [-0.05, 0) is 56.3 Å². The molecular formula is C16H21F3N2OS. The second kappa shape index (κ2) is 8.61. The van der Waals surface area contributed by atoms with Gasteiger partial charge in [0, 0.05) is 28.5 Å². The van der Waals surface area contributed by atoms with E-state index >= 15 is 0 Å². The first kappa shape index (κ1) is 18.2. The number of likely N-dealkylation sites (tertiary alicyclic amines) is 1. The number of hydrogen-bond donors (Lipinski definition) is 2. The van der Waals surface area contributed by atoms with Crippen molar-refractivity contribution >= 4 is 22.7 Å². The molecule has 3 rings (SSSR count). The molecule has 1 aromatic carbocycles. The van der Waals surface area contributed by atoms with E-state index in [1.807, 2.05) is 24.6 Å². The van der Waals surface area contributed by atoms with Crippen molar-refractivity contribution in [1.29, 1.82) is 0 Å². The number of benzene rings is 1. The van der Waals surface area contributed by atoms with Gasteiger partial charge in [0.05, 0.1) is 0 Å². The quantitative estimate of drug-likeness (QED) is 0.826. The lowest BCUT2D eigenvalue weighted by molar-refractivity contribution is -0.0728. The molecule has 7 heteroatoms. The number of fused-ring (bicyclic) bond motifs is 1. The van der Waals surface area contributed by atoms with Crippen molar-refractivity contribution in [3.63, 3.8) is 0 Å². The third-order valence-corrected chi connectivity index (χ3v) is 4.70. The number of rotatable bonds is 4. The number of aromatic nitrogens is 1. The summed E-state index contributed by atoms with van der Waals surface area (Å²) in [4.78, 5) is 6.39. The summed E-state index contributed by atoms with van der Waals surface area (Å²) in [5.74, 6) is -0.0670. The maximum Gasteiger partial charge on any atom is 0.342 e. The summed E-state index contributed by atoms with van der Waals surface area (Å²) in [7, 11) is 0. The normalized spacial score (nSPS) is 15.2. The summed E-state index contributed by atoms with van der Waals surface area (Å²) in [6.07, 6.45) is 7.42. The lowest BCUT2D eigenvalue weighted by atomic mass is 10.1. The van der Waals surface area contributed by atoms with Crippen LogP contribution in [-0.2, 0) is 6.42 Å². The molecule has 0 spiro atoms. The van der Waals surface area contributed by atoms with Crippen molar-refractivity contribution in [1.82, 2.24) is 9.88 Å². The van der Waals surface area contributed by atoms with E-state index in [4.69, 9.17) is 5.11 Å². The summed E-state index contributed by atoms with van der Waals surface area (Å²) >= 11 is 1.47. The molecule has 0 amide bonds. The Balaban J connectivity index is 0.000000433. The molecule has 0 atom stereocenters. The second-order valence-corrected chi connectivity index (χ2v) is 6.24. The summed E-state index contributed by atoms with van der Waals surface area (Å²) in [6, 6.07) is 3.83. The Bertz CT molecular complexity index is 624. The van der Waals surface area contributed by atoms with Gasteiger partial charge in [-0.3, -0.25) is 0 Å². The molecule has 0 unspecified atom stereocenters. The molecule has 3 nitrogen and oxygen atoms in total. The van der Waals surface area contributed by atoms with Crippen LogP contribution in [0.2, 0.25) is 0 Å². The zero-order valence-electron chi connectivity index (χ0n) is 13.0. The van der Waals surface area contributed by atoms with Crippen LogP contribution in [0.4, 0.5) is 13.2 Å². The highest BCUT2D eigenvalue weighted by molar-refractivity contribution is 7.98. The largest absolute Gasteiger partial charge is 0.361 e. The van der Waals surface area contributed by atoms with E-state index in [2.05, 4.69) is 9.88 Å². The van der Waals surface area contributed by atoms with E-state index < -0.39 is 6.61 Å². The lowest BCUT2D eigenvalue weighted by Crippen LogP contribution is -2.21. The Morgan fingerprint density at radius 1 is 1.30 bits per heavy atom. The van der Waals surface area contributed by atoms with E-state index in [0.29, 0.717) is 0 Å². The predicted octanol–water partition coefficient (Wildman–Crippen LogP) is 3.87. The minimum atomic E-state index is -3.17. The van der Waals surface area contributed by atoms with E-state index in [9.17, 15) is 13.2 Å². The Labute approximate surface area is 137 Å². The van der Waals surface area contributed by atoms with Crippen LogP contribution in [0.25, 0.3) is 10.9 Å². The molecule has 2 N–H and O–H groups in total. The third kappa shape index (κ3) is 4.89. The number of halogens is 3. The molecule has 1 saturated heterocycles. The number of hydrogen-bond acceptors (Lipinski definition) is 3. The molecule has 128 valence electrons. The van der Waals surface area contributed by atoms with Crippen LogP contribution in [0.3, 0.4) is 0 Å². The number of H-pyrrole nitrogens is 1. The van der Waals surface area contributed by atoms with Gasteiger partial charge in [0.2, 0.25) is 0 Å². The van der Waals surface area contributed by atoms with Crippen LogP contribution in [0.5, 0.6) is 0 Å². The molecule has 23 heavy (non-hydrogen) atoms. The van der Waals surface area contributed by atoms with Crippen molar-refractivity contribution < 1.29 is 18.3 Å². The highest BCUT2D eigenvalue weighted by Crippen LogP contribution is 2.29. The van der Waals surface area contributed by atoms with Crippen LogP contribution in [0.15, 0.2) is 23.2 Å². The Hall–Kier alpha value is -1.18. The number of thioether (sulfide) groups is 1. The first-order chi connectivity index (χ1) is 11.0. The third-order valence-electron chi connectivity index (χ3n) is 3.95. The molecule has 0 bridgehead atoms. The van der Waals surface area contributed by atoms with Crippen molar-refractivity contribution in [2.45, 2.75) is 30.8 Å². The highest BCUT2D eigenvalue weighted by Gasteiger charge is 2.15. The smallest absolute Gasteiger partial charge is 0.342 e. The van der Waals surface area contributed by atoms with Crippen LogP contribution in [-0.4, -0.2) is 47.5 Å². The van der Waals surface area contributed by atoms with E-state index in [0.717, 1.165) is 34.3 Å². The van der Waals surface area contributed by atoms with E-state index in [1.165, 1.54) is 37.7 Å². The molecule has 2 aromatic rings. The lowest BCUT2D eigenvalue weighted by Gasteiger charge is -2.13. The summed E-state index contributed by atoms with van der Waals surface area (Å²) in [5, 5.41) is 7.51. The van der Waals surface area contributed by atoms with Gasteiger partial charge >= 0.3 is 6.61 Å². The van der Waals surface area contributed by atoms with E-state index in [-0.39, 0.29) is 5.82 Å². The fourth-order valence-corrected chi connectivity index (χ4v) is 3.35. The first-order valence-corrected chi connectivity index (χ1v) is 8.76. The monoisotopic (exact) mass is 346 g/mol. The Kier molecular flexibility index (Phi) is 6.80. The van der Waals surface area contributed by atoms with Gasteiger partial charge in [-0.15, -0.1) is 11.8 Å². The fraction of sp³-hybridized carbons (Fsp3) is 0.500. The molecule has 2 heterocycles. The van der Waals surface area contributed by atoms with Gasteiger partial charge in [0.15, 0.2) is 0 Å². The zero-order chi connectivity index (χ0) is 16.8. The predicted molar refractivity (Wildman–Crippen MR) is 87.6 cm³/mol. The summed E-state index contributed by atoms with van der Waals surface area (Å²) in [6.45, 7) is 0.262. The average molecular weight is 346 g/mol.